The molecule has 1 fully saturated rings. The van der Waals surface area contributed by atoms with E-state index in [1.165, 1.54) is 27.6 Å². The van der Waals surface area contributed by atoms with Gasteiger partial charge in [-0.15, -0.1) is 5.10 Å². The predicted molar refractivity (Wildman–Crippen MR) is 111 cm³/mol. The van der Waals surface area contributed by atoms with Crippen molar-refractivity contribution in [2.45, 2.75) is 4.90 Å². The lowest BCUT2D eigenvalue weighted by atomic mass is 10.2. The summed E-state index contributed by atoms with van der Waals surface area (Å²) in [6.45, 7) is 0.865. The first-order valence-corrected chi connectivity index (χ1v) is 11.7. The third kappa shape index (κ3) is 4.60. The zero-order valence-corrected chi connectivity index (χ0v) is 17.7. The fraction of sp³-hybridized carbons (Fsp3) is 0.235. The summed E-state index contributed by atoms with van der Waals surface area (Å²) in [4.78, 5) is 27.2. The standard InChI is InChI=1S/C17H18N8O4S2/c26-16(12-1-3-13(4-2-12)25-11-19-22-23-25)20-21-17(27)15-9-14(10-18-15)31(28,29)24-5-7-30-8-6-24/h1-4,9-11,18H,5-8H2,(H,20,26)(H,21,27). The number of sulfonamides is 1. The second kappa shape index (κ2) is 8.87. The van der Waals surface area contributed by atoms with Crippen molar-refractivity contribution >= 4 is 33.6 Å². The quantitative estimate of drug-likeness (QED) is 0.441. The molecule has 14 heteroatoms. The molecule has 4 rings (SSSR count). The minimum absolute atomic E-state index is 0.00839. The van der Waals surface area contributed by atoms with Crippen LogP contribution in [0.1, 0.15) is 20.8 Å². The number of rotatable bonds is 5. The summed E-state index contributed by atoms with van der Waals surface area (Å²) in [5.74, 6) is 0.260. The van der Waals surface area contributed by atoms with E-state index in [0.717, 1.165) is 11.5 Å². The lowest BCUT2D eigenvalue weighted by molar-refractivity contribution is 0.0844. The first-order chi connectivity index (χ1) is 14.9. The molecule has 1 aliphatic rings. The topological polar surface area (TPSA) is 155 Å². The van der Waals surface area contributed by atoms with Crippen molar-refractivity contribution in [3.05, 3.63) is 54.1 Å². The molecule has 0 unspecified atom stereocenters. The van der Waals surface area contributed by atoms with Crippen LogP contribution in [0.4, 0.5) is 0 Å². The number of aromatic nitrogens is 5. The number of thioether (sulfide) groups is 1. The Labute approximate surface area is 181 Å². The van der Waals surface area contributed by atoms with Crippen molar-refractivity contribution in [3.8, 4) is 5.69 Å². The van der Waals surface area contributed by atoms with Crippen LogP contribution < -0.4 is 10.9 Å². The van der Waals surface area contributed by atoms with Gasteiger partial charge in [0.05, 0.1) is 5.69 Å². The first-order valence-electron chi connectivity index (χ1n) is 9.15. The van der Waals surface area contributed by atoms with Gasteiger partial charge in [-0.3, -0.25) is 20.4 Å². The molecule has 0 spiro atoms. The van der Waals surface area contributed by atoms with E-state index in [0.29, 0.717) is 24.3 Å². The summed E-state index contributed by atoms with van der Waals surface area (Å²) in [5, 5.41) is 10.8. The number of nitrogens with one attached hydrogen (secondary N) is 3. The summed E-state index contributed by atoms with van der Waals surface area (Å²) in [7, 11) is -3.67. The molecule has 31 heavy (non-hydrogen) atoms. The summed E-state index contributed by atoms with van der Waals surface area (Å²) >= 11 is 1.70. The molecule has 3 aromatic rings. The molecule has 2 amide bonds. The van der Waals surface area contributed by atoms with Gasteiger partial charge in [0.25, 0.3) is 11.8 Å². The van der Waals surface area contributed by atoms with Gasteiger partial charge in [-0.1, -0.05) is 0 Å². The molecule has 12 nitrogen and oxygen atoms in total. The molecule has 162 valence electrons. The van der Waals surface area contributed by atoms with Gasteiger partial charge in [0.2, 0.25) is 10.0 Å². The highest BCUT2D eigenvalue weighted by Crippen LogP contribution is 2.20. The third-order valence-corrected chi connectivity index (χ3v) is 7.36. The Kier molecular flexibility index (Phi) is 6.01. The van der Waals surface area contributed by atoms with Gasteiger partial charge in [0.15, 0.2) is 0 Å². The van der Waals surface area contributed by atoms with Crippen LogP contribution in [0.3, 0.4) is 0 Å². The summed E-state index contributed by atoms with van der Waals surface area (Å²) in [6.07, 6.45) is 2.69. The fourth-order valence-electron chi connectivity index (χ4n) is 2.89. The number of hydrazine groups is 1. The van der Waals surface area contributed by atoms with Gasteiger partial charge in [-0.2, -0.15) is 16.1 Å². The molecule has 1 aliphatic heterocycles. The zero-order chi connectivity index (χ0) is 21.8. The molecule has 3 heterocycles. The molecular weight excluding hydrogens is 444 g/mol. The molecule has 1 saturated heterocycles. The number of aromatic amines is 1. The van der Waals surface area contributed by atoms with E-state index in [-0.39, 0.29) is 10.6 Å². The van der Waals surface area contributed by atoms with Crippen molar-refractivity contribution in [2.24, 2.45) is 0 Å². The van der Waals surface area contributed by atoms with E-state index in [9.17, 15) is 18.0 Å². The van der Waals surface area contributed by atoms with Crippen molar-refractivity contribution in [1.82, 2.24) is 40.3 Å². The summed E-state index contributed by atoms with van der Waals surface area (Å²) in [5.41, 5.74) is 5.54. The highest BCUT2D eigenvalue weighted by atomic mass is 32.2. The fourth-order valence-corrected chi connectivity index (χ4v) is 5.46. The minimum atomic E-state index is -3.67. The maximum absolute atomic E-state index is 12.7. The van der Waals surface area contributed by atoms with Crippen LogP contribution in [0.5, 0.6) is 0 Å². The third-order valence-electron chi connectivity index (χ3n) is 4.54. The summed E-state index contributed by atoms with van der Waals surface area (Å²) in [6, 6.07) is 7.64. The Balaban J connectivity index is 1.36. The van der Waals surface area contributed by atoms with Crippen molar-refractivity contribution in [3.63, 3.8) is 0 Å². The second-order valence-electron chi connectivity index (χ2n) is 6.48. The Hall–Kier alpha value is -3.23. The van der Waals surface area contributed by atoms with Crippen LogP contribution in [0.15, 0.2) is 47.8 Å². The van der Waals surface area contributed by atoms with Gasteiger partial charge in [-0.05, 0) is 40.8 Å². The highest BCUT2D eigenvalue weighted by molar-refractivity contribution is 7.99. The number of carbonyl (C=O) groups is 2. The number of amides is 2. The number of H-pyrrole nitrogens is 1. The molecule has 3 N–H and O–H groups in total. The van der Waals surface area contributed by atoms with E-state index < -0.39 is 21.8 Å². The highest BCUT2D eigenvalue weighted by Gasteiger charge is 2.27. The number of hydrogen-bond acceptors (Lipinski definition) is 8. The molecular formula is C17H18N8O4S2. The van der Waals surface area contributed by atoms with E-state index in [1.807, 2.05) is 0 Å². The van der Waals surface area contributed by atoms with Gasteiger partial charge in [-0.25, -0.2) is 13.1 Å². The zero-order valence-electron chi connectivity index (χ0n) is 16.1. The SMILES string of the molecule is O=C(NNC(=O)c1cc(S(=O)(=O)N2CCSCC2)c[nH]1)c1ccc(-n2cnnn2)cc1. The number of tetrazole rings is 1. The largest absolute Gasteiger partial charge is 0.356 e. The van der Waals surface area contributed by atoms with E-state index in [1.54, 1.807) is 36.0 Å². The number of nitrogens with zero attached hydrogens (tertiary/aromatic N) is 5. The van der Waals surface area contributed by atoms with E-state index in [4.69, 9.17) is 0 Å². The predicted octanol–water partition coefficient (Wildman–Crippen LogP) is -0.197. The van der Waals surface area contributed by atoms with E-state index >= 15 is 0 Å². The summed E-state index contributed by atoms with van der Waals surface area (Å²) < 4.78 is 28.2. The molecule has 0 aliphatic carbocycles. The van der Waals surface area contributed by atoms with Crippen molar-refractivity contribution in [1.29, 1.82) is 0 Å². The van der Waals surface area contributed by atoms with Crippen molar-refractivity contribution in [2.75, 3.05) is 24.6 Å². The van der Waals surface area contributed by atoms with E-state index in [2.05, 4.69) is 31.4 Å². The molecule has 0 radical (unpaired) electrons. The lowest BCUT2D eigenvalue weighted by Crippen LogP contribution is -2.41. The Morgan fingerprint density at radius 2 is 1.77 bits per heavy atom. The first kappa shape index (κ1) is 21.0. The number of benzene rings is 1. The van der Waals surface area contributed by atoms with Crippen LogP contribution in [-0.4, -0.2) is 74.3 Å². The van der Waals surface area contributed by atoms with Gasteiger partial charge < -0.3 is 4.98 Å². The van der Waals surface area contributed by atoms with Crippen LogP contribution in [0.2, 0.25) is 0 Å². The number of hydrogen-bond donors (Lipinski definition) is 3. The van der Waals surface area contributed by atoms with Crippen LogP contribution in [-0.2, 0) is 10.0 Å². The van der Waals surface area contributed by atoms with Crippen molar-refractivity contribution < 1.29 is 18.0 Å². The Morgan fingerprint density at radius 1 is 1.06 bits per heavy atom. The molecule has 1 aromatic carbocycles. The molecule has 0 bridgehead atoms. The Morgan fingerprint density at radius 3 is 2.45 bits per heavy atom. The Bertz CT molecular complexity index is 1170. The maximum Gasteiger partial charge on any atom is 0.286 e. The lowest BCUT2D eigenvalue weighted by Gasteiger charge is -2.24. The molecule has 0 saturated carbocycles. The van der Waals surface area contributed by atoms with Crippen LogP contribution in [0, 0.1) is 0 Å². The average Bonchev–Trinajstić information content (AvgIpc) is 3.51. The smallest absolute Gasteiger partial charge is 0.286 e. The normalized spacial score (nSPS) is 14.8. The average molecular weight is 463 g/mol. The van der Waals surface area contributed by atoms with Gasteiger partial charge in [0, 0.05) is 36.4 Å². The van der Waals surface area contributed by atoms with Crippen LogP contribution in [0.25, 0.3) is 5.69 Å². The van der Waals surface area contributed by atoms with Gasteiger partial charge >= 0.3 is 0 Å². The maximum atomic E-state index is 12.7. The minimum Gasteiger partial charge on any atom is -0.356 e. The second-order valence-corrected chi connectivity index (χ2v) is 9.64. The molecule has 2 aromatic heterocycles. The monoisotopic (exact) mass is 462 g/mol. The van der Waals surface area contributed by atoms with Crippen LogP contribution >= 0.6 is 11.8 Å². The van der Waals surface area contributed by atoms with Gasteiger partial charge in [0.1, 0.15) is 16.9 Å². The molecule has 0 atom stereocenters. The number of carbonyl (C=O) groups excluding carboxylic acids is 2.